The van der Waals surface area contributed by atoms with Crippen molar-refractivity contribution in [2.24, 2.45) is 5.92 Å². The molecule has 0 fully saturated rings. The second-order valence-electron chi connectivity index (χ2n) is 10.8. The summed E-state index contributed by atoms with van der Waals surface area (Å²) in [6.07, 6.45) is 8.05. The molecule has 1 spiro atoms. The third-order valence-electron chi connectivity index (χ3n) is 8.54. The van der Waals surface area contributed by atoms with E-state index in [-0.39, 0.29) is 24.3 Å². The number of ether oxygens (including phenoxy) is 2. The van der Waals surface area contributed by atoms with Gasteiger partial charge in [0, 0.05) is 53.3 Å². The highest BCUT2D eigenvalue weighted by Gasteiger charge is 2.57. The highest BCUT2D eigenvalue weighted by Crippen LogP contribution is 2.53. The van der Waals surface area contributed by atoms with Gasteiger partial charge in [-0.1, -0.05) is 60.2 Å². The summed E-state index contributed by atoms with van der Waals surface area (Å²) in [6, 6.07) is 19.6. The number of amides is 2. The van der Waals surface area contributed by atoms with Crippen molar-refractivity contribution in [3.8, 4) is 11.5 Å². The Labute approximate surface area is 238 Å². The fraction of sp³-hybridized carbons (Fsp3) is 0.273. The standard InChI is InChI=1S/C33H29ClN2O4/c34-27-11-5-2-8-23(27)19-35-31(37)24-9-3-1-7-21(24)13-15-36-28-12-6-4-10-25(28)33(32(36)38)20-40-30-18-29-22(14-16-39-29)17-26(30)33/h1-7,9-12,17-18,23H,8,13-16,19-20H2,(H,35,37). The van der Waals surface area contributed by atoms with Crippen molar-refractivity contribution in [3.63, 3.8) is 0 Å². The van der Waals surface area contributed by atoms with E-state index in [1.807, 2.05) is 71.6 Å². The van der Waals surface area contributed by atoms with Crippen LogP contribution in [0.3, 0.4) is 0 Å². The Bertz CT molecular complexity index is 1600. The Kier molecular flexibility index (Phi) is 6.16. The lowest BCUT2D eigenvalue weighted by Gasteiger charge is -2.23. The van der Waals surface area contributed by atoms with Crippen LogP contribution in [-0.2, 0) is 23.1 Å². The number of nitrogens with one attached hydrogen (secondary N) is 1. The van der Waals surface area contributed by atoms with E-state index in [1.54, 1.807) is 0 Å². The lowest BCUT2D eigenvalue weighted by molar-refractivity contribution is -0.122. The number of hydrogen-bond acceptors (Lipinski definition) is 4. The van der Waals surface area contributed by atoms with Crippen LogP contribution >= 0.6 is 11.6 Å². The van der Waals surface area contributed by atoms with Crippen LogP contribution in [0.2, 0.25) is 0 Å². The summed E-state index contributed by atoms with van der Waals surface area (Å²) >= 11 is 6.34. The number of carbonyl (C=O) groups is 2. The minimum absolute atomic E-state index is 0.0139. The van der Waals surface area contributed by atoms with Gasteiger partial charge in [-0.2, -0.15) is 0 Å². The van der Waals surface area contributed by atoms with E-state index in [1.165, 1.54) is 0 Å². The molecule has 0 bridgehead atoms. The highest BCUT2D eigenvalue weighted by molar-refractivity contribution is 6.30. The van der Waals surface area contributed by atoms with Crippen LogP contribution in [0.5, 0.6) is 11.5 Å². The van der Waals surface area contributed by atoms with Crippen molar-refractivity contribution in [1.82, 2.24) is 5.32 Å². The molecule has 0 saturated heterocycles. The zero-order valence-electron chi connectivity index (χ0n) is 22.0. The van der Waals surface area contributed by atoms with Crippen molar-refractivity contribution in [2.45, 2.75) is 24.7 Å². The number of anilines is 1. The molecule has 0 saturated carbocycles. The maximum atomic E-state index is 14.3. The highest BCUT2D eigenvalue weighted by atomic mass is 35.5. The number of fused-ring (bicyclic) bond motifs is 5. The number of allylic oxidation sites excluding steroid dienone is 3. The smallest absolute Gasteiger partial charge is 0.251 e. The first kappa shape index (κ1) is 25.0. The zero-order valence-corrected chi connectivity index (χ0v) is 22.7. The van der Waals surface area contributed by atoms with Crippen LogP contribution in [0.1, 0.15) is 39.0 Å². The van der Waals surface area contributed by atoms with Crippen molar-refractivity contribution >= 4 is 29.1 Å². The molecule has 40 heavy (non-hydrogen) atoms. The van der Waals surface area contributed by atoms with Crippen LogP contribution < -0.4 is 19.7 Å². The summed E-state index contributed by atoms with van der Waals surface area (Å²) in [7, 11) is 0. The van der Waals surface area contributed by atoms with Crippen molar-refractivity contribution in [3.05, 3.63) is 112 Å². The molecule has 6 nitrogen and oxygen atoms in total. The number of benzene rings is 3. The van der Waals surface area contributed by atoms with Crippen LogP contribution in [0.15, 0.2) is 83.9 Å². The zero-order chi connectivity index (χ0) is 27.3. The molecule has 3 heterocycles. The number of carbonyl (C=O) groups excluding carboxylic acids is 2. The van der Waals surface area contributed by atoms with Gasteiger partial charge >= 0.3 is 0 Å². The van der Waals surface area contributed by atoms with E-state index < -0.39 is 5.41 Å². The van der Waals surface area contributed by atoms with Crippen molar-refractivity contribution in [2.75, 3.05) is 31.2 Å². The molecular weight excluding hydrogens is 524 g/mol. The Morgan fingerprint density at radius 3 is 2.80 bits per heavy atom. The molecular formula is C33H29ClN2O4. The van der Waals surface area contributed by atoms with Crippen LogP contribution in [0.4, 0.5) is 5.69 Å². The molecule has 0 aromatic heterocycles. The van der Waals surface area contributed by atoms with Gasteiger partial charge in [0.15, 0.2) is 0 Å². The molecule has 2 unspecified atom stereocenters. The molecule has 2 amide bonds. The molecule has 3 aromatic carbocycles. The van der Waals surface area contributed by atoms with E-state index in [4.69, 9.17) is 21.1 Å². The van der Waals surface area contributed by atoms with Crippen molar-refractivity contribution < 1.29 is 19.1 Å². The van der Waals surface area contributed by atoms with E-state index in [0.717, 1.165) is 57.3 Å². The first-order chi connectivity index (χ1) is 19.6. The van der Waals surface area contributed by atoms with Crippen molar-refractivity contribution in [1.29, 1.82) is 0 Å². The molecule has 7 heteroatoms. The quantitative estimate of drug-likeness (QED) is 0.449. The summed E-state index contributed by atoms with van der Waals surface area (Å²) in [4.78, 5) is 29.4. The van der Waals surface area contributed by atoms with E-state index >= 15 is 0 Å². The fourth-order valence-electron chi connectivity index (χ4n) is 6.41. The first-order valence-corrected chi connectivity index (χ1v) is 14.2. The molecule has 7 rings (SSSR count). The number of rotatable bonds is 6. The maximum Gasteiger partial charge on any atom is 0.251 e. The Balaban J connectivity index is 1.14. The van der Waals surface area contributed by atoms with Crippen LogP contribution in [0.25, 0.3) is 0 Å². The second kappa shape index (κ2) is 9.86. The summed E-state index contributed by atoms with van der Waals surface area (Å²) < 4.78 is 11.9. The number of halogens is 1. The average Bonchev–Trinajstić information content (AvgIpc) is 3.66. The third-order valence-corrected chi connectivity index (χ3v) is 8.97. The number of para-hydroxylation sites is 1. The summed E-state index contributed by atoms with van der Waals surface area (Å²) in [5.74, 6) is 1.53. The predicted octanol–water partition coefficient (Wildman–Crippen LogP) is 5.32. The van der Waals surface area contributed by atoms with Gasteiger partial charge in [-0.15, -0.1) is 0 Å². The summed E-state index contributed by atoms with van der Waals surface area (Å²) in [5.41, 5.74) is 4.55. The van der Waals surface area contributed by atoms with E-state index in [0.29, 0.717) is 31.7 Å². The lowest BCUT2D eigenvalue weighted by Crippen LogP contribution is -2.43. The van der Waals surface area contributed by atoms with Gasteiger partial charge in [-0.3, -0.25) is 9.59 Å². The molecule has 4 aliphatic rings. The lowest BCUT2D eigenvalue weighted by atomic mass is 9.76. The normalized spacial score (nSPS) is 21.9. The Hall–Kier alpha value is -4.03. The SMILES string of the molecule is O=C(NCC1CC=CC=C1Cl)c1ccccc1CCN1C(=O)C2(COc3cc4c(cc32)CCO4)c2ccccc21. The molecule has 2 atom stereocenters. The topological polar surface area (TPSA) is 67.9 Å². The van der Waals surface area contributed by atoms with Crippen LogP contribution in [-0.4, -0.2) is 38.1 Å². The van der Waals surface area contributed by atoms with Gasteiger partial charge < -0.3 is 19.7 Å². The minimum atomic E-state index is -0.873. The summed E-state index contributed by atoms with van der Waals surface area (Å²) in [5, 5.41) is 3.81. The summed E-state index contributed by atoms with van der Waals surface area (Å²) in [6.45, 7) is 1.84. The Morgan fingerprint density at radius 1 is 1.05 bits per heavy atom. The third kappa shape index (κ3) is 3.93. The maximum absolute atomic E-state index is 14.3. The largest absolute Gasteiger partial charge is 0.493 e. The number of nitrogens with zero attached hydrogens (tertiary/aromatic N) is 1. The molecule has 1 N–H and O–H groups in total. The molecule has 1 aliphatic carbocycles. The van der Waals surface area contributed by atoms with Gasteiger partial charge in [0.1, 0.15) is 23.5 Å². The molecule has 3 aromatic rings. The van der Waals surface area contributed by atoms with Gasteiger partial charge in [-0.05, 0) is 53.8 Å². The van der Waals surface area contributed by atoms with Gasteiger partial charge in [-0.25, -0.2) is 0 Å². The van der Waals surface area contributed by atoms with Gasteiger partial charge in [0.25, 0.3) is 5.91 Å². The second-order valence-corrected chi connectivity index (χ2v) is 11.2. The van der Waals surface area contributed by atoms with Gasteiger partial charge in [0.05, 0.1) is 6.61 Å². The van der Waals surface area contributed by atoms with E-state index in [9.17, 15) is 9.59 Å². The fourth-order valence-corrected chi connectivity index (χ4v) is 6.64. The molecule has 3 aliphatic heterocycles. The average molecular weight is 553 g/mol. The number of hydrogen-bond donors (Lipinski definition) is 1. The molecule has 0 radical (unpaired) electrons. The minimum Gasteiger partial charge on any atom is -0.493 e. The van der Waals surface area contributed by atoms with Gasteiger partial charge in [0.2, 0.25) is 5.91 Å². The van der Waals surface area contributed by atoms with Crippen LogP contribution in [0, 0.1) is 5.92 Å². The predicted molar refractivity (Wildman–Crippen MR) is 154 cm³/mol. The Morgan fingerprint density at radius 2 is 1.90 bits per heavy atom. The first-order valence-electron chi connectivity index (χ1n) is 13.8. The van der Waals surface area contributed by atoms with E-state index in [2.05, 4.69) is 17.5 Å². The molecule has 202 valence electrons. The monoisotopic (exact) mass is 552 g/mol.